The van der Waals surface area contributed by atoms with Gasteiger partial charge in [0.05, 0.1) is 15.4 Å². The van der Waals surface area contributed by atoms with Crippen LogP contribution >= 0.6 is 23.1 Å². The second-order valence-electron chi connectivity index (χ2n) is 4.90. The van der Waals surface area contributed by atoms with E-state index in [2.05, 4.69) is 5.32 Å². The Hall–Kier alpha value is -2.39. The molecule has 1 amide bonds. The molecule has 9 heteroatoms. The zero-order chi connectivity index (χ0) is 18.2. The van der Waals surface area contributed by atoms with Crippen molar-refractivity contribution < 1.29 is 19.2 Å². The zero-order valence-corrected chi connectivity index (χ0v) is 15.0. The molecular weight excluding hydrogens is 364 g/mol. The Kier molecular flexibility index (Phi) is 6.96. The van der Waals surface area contributed by atoms with Crippen molar-refractivity contribution in [1.29, 1.82) is 0 Å². The van der Waals surface area contributed by atoms with Crippen LogP contribution in [-0.2, 0) is 16.0 Å². The van der Waals surface area contributed by atoms with Crippen LogP contribution in [0.1, 0.15) is 15.2 Å². The average molecular weight is 380 g/mol. The summed E-state index contributed by atoms with van der Waals surface area (Å²) in [6, 6.07) is 7.99. The van der Waals surface area contributed by atoms with Crippen molar-refractivity contribution in [2.75, 3.05) is 19.4 Å². The minimum atomic E-state index is -0.774. The van der Waals surface area contributed by atoms with E-state index in [1.54, 1.807) is 17.6 Å². The Balaban J connectivity index is 1.84. The molecule has 0 fully saturated rings. The average Bonchev–Trinajstić information content (AvgIpc) is 3.12. The zero-order valence-electron chi connectivity index (χ0n) is 13.4. The fourth-order valence-corrected chi connectivity index (χ4v) is 3.26. The Bertz CT molecular complexity index is 762. The molecule has 7 nitrogen and oxygen atoms in total. The number of carbonyl (C=O) groups is 2. The molecule has 2 rings (SSSR count). The lowest BCUT2D eigenvalue weighted by Crippen LogP contribution is -2.30. The van der Waals surface area contributed by atoms with E-state index in [9.17, 15) is 19.7 Å². The van der Waals surface area contributed by atoms with Gasteiger partial charge in [-0.05, 0) is 36.3 Å². The Morgan fingerprint density at radius 1 is 1.36 bits per heavy atom. The van der Waals surface area contributed by atoms with Crippen LogP contribution in [0.5, 0.6) is 0 Å². The van der Waals surface area contributed by atoms with Gasteiger partial charge in [-0.3, -0.25) is 14.9 Å². The molecule has 0 spiro atoms. The van der Waals surface area contributed by atoms with Gasteiger partial charge in [0.25, 0.3) is 11.6 Å². The number of thioether (sulfide) groups is 1. The number of amides is 1. The highest BCUT2D eigenvalue weighted by atomic mass is 32.2. The minimum Gasteiger partial charge on any atom is -0.452 e. The van der Waals surface area contributed by atoms with Crippen LogP contribution < -0.4 is 5.32 Å². The van der Waals surface area contributed by atoms with Crippen molar-refractivity contribution in [1.82, 2.24) is 5.32 Å². The maximum Gasteiger partial charge on any atom is 0.338 e. The lowest BCUT2D eigenvalue weighted by Gasteiger charge is -2.07. The predicted molar refractivity (Wildman–Crippen MR) is 96.2 cm³/mol. The van der Waals surface area contributed by atoms with Gasteiger partial charge in [-0.1, -0.05) is 6.07 Å². The summed E-state index contributed by atoms with van der Waals surface area (Å²) in [6.45, 7) is 0.0200. The summed E-state index contributed by atoms with van der Waals surface area (Å²) in [4.78, 5) is 35.7. The predicted octanol–water partition coefficient (Wildman–Crippen LogP) is 2.89. The molecule has 0 aliphatic heterocycles. The van der Waals surface area contributed by atoms with Crippen LogP contribution in [0.4, 0.5) is 5.69 Å². The molecule has 1 N–H and O–H groups in total. The molecule has 1 heterocycles. The van der Waals surface area contributed by atoms with E-state index in [0.717, 1.165) is 10.9 Å². The number of nitrogens with one attached hydrogen (secondary N) is 1. The second kappa shape index (κ2) is 9.19. The number of hydrogen-bond acceptors (Lipinski definition) is 7. The maximum atomic E-state index is 12.0. The van der Waals surface area contributed by atoms with E-state index in [4.69, 9.17) is 4.74 Å². The standard InChI is InChI=1S/C16H16N2O5S2/c1-24-14-5-4-11(9-13(14)18(21)22)16(20)23-10-15(19)17-7-6-12-3-2-8-25-12/h2-5,8-9H,6-7,10H2,1H3,(H,17,19). The van der Waals surface area contributed by atoms with Crippen LogP contribution in [0, 0.1) is 10.1 Å². The Morgan fingerprint density at radius 3 is 2.80 bits per heavy atom. The molecule has 0 atom stereocenters. The third-order valence-electron chi connectivity index (χ3n) is 3.22. The summed E-state index contributed by atoms with van der Waals surface area (Å²) in [5.74, 6) is -1.19. The van der Waals surface area contributed by atoms with E-state index in [1.165, 1.54) is 23.9 Å². The number of hydrogen-bond donors (Lipinski definition) is 1. The number of ether oxygens (including phenoxy) is 1. The van der Waals surface area contributed by atoms with Crippen molar-refractivity contribution >= 4 is 40.7 Å². The third kappa shape index (κ3) is 5.57. The van der Waals surface area contributed by atoms with Crippen molar-refractivity contribution in [2.24, 2.45) is 0 Å². The number of benzene rings is 1. The fraction of sp³-hybridized carbons (Fsp3) is 0.250. The SMILES string of the molecule is CSc1ccc(C(=O)OCC(=O)NCCc2cccs2)cc1[N+](=O)[O-]. The van der Waals surface area contributed by atoms with Gasteiger partial charge >= 0.3 is 5.97 Å². The number of carbonyl (C=O) groups excluding carboxylic acids is 2. The molecular formula is C16H16N2O5S2. The van der Waals surface area contributed by atoms with Gasteiger partial charge in [-0.25, -0.2) is 4.79 Å². The second-order valence-corrected chi connectivity index (χ2v) is 6.78. The molecule has 0 aliphatic carbocycles. The van der Waals surface area contributed by atoms with Crippen molar-refractivity contribution in [3.8, 4) is 0 Å². The van der Waals surface area contributed by atoms with Crippen LogP contribution in [0.2, 0.25) is 0 Å². The lowest BCUT2D eigenvalue weighted by atomic mass is 10.2. The number of nitro groups is 1. The third-order valence-corrected chi connectivity index (χ3v) is 4.94. The van der Waals surface area contributed by atoms with Crippen LogP contribution in [0.3, 0.4) is 0 Å². The summed E-state index contributed by atoms with van der Waals surface area (Å²) >= 11 is 2.82. The summed E-state index contributed by atoms with van der Waals surface area (Å²) in [7, 11) is 0. The summed E-state index contributed by atoms with van der Waals surface area (Å²) < 4.78 is 4.91. The summed E-state index contributed by atoms with van der Waals surface area (Å²) in [6.07, 6.45) is 2.42. The van der Waals surface area contributed by atoms with E-state index < -0.39 is 23.4 Å². The number of nitro benzene ring substituents is 1. The molecule has 0 saturated heterocycles. The molecule has 0 saturated carbocycles. The smallest absolute Gasteiger partial charge is 0.338 e. The van der Waals surface area contributed by atoms with Gasteiger partial charge in [0.15, 0.2) is 6.61 Å². The van der Waals surface area contributed by atoms with Crippen LogP contribution in [-0.4, -0.2) is 36.2 Å². The highest BCUT2D eigenvalue weighted by Crippen LogP contribution is 2.28. The van der Waals surface area contributed by atoms with E-state index in [0.29, 0.717) is 17.9 Å². The van der Waals surface area contributed by atoms with Crippen LogP contribution in [0.15, 0.2) is 40.6 Å². The monoisotopic (exact) mass is 380 g/mol. The summed E-state index contributed by atoms with van der Waals surface area (Å²) in [5, 5.41) is 15.6. The highest BCUT2D eigenvalue weighted by Gasteiger charge is 2.18. The number of rotatable bonds is 8. The van der Waals surface area contributed by atoms with E-state index in [1.807, 2.05) is 17.5 Å². The van der Waals surface area contributed by atoms with Gasteiger partial charge in [-0.15, -0.1) is 23.1 Å². The largest absolute Gasteiger partial charge is 0.452 e. The molecule has 0 radical (unpaired) electrons. The molecule has 132 valence electrons. The van der Waals surface area contributed by atoms with Gasteiger partial charge in [-0.2, -0.15) is 0 Å². The molecule has 0 aliphatic rings. The number of thiophene rings is 1. The summed E-state index contributed by atoms with van der Waals surface area (Å²) in [5.41, 5.74) is -0.127. The van der Waals surface area contributed by atoms with Crippen LogP contribution in [0.25, 0.3) is 0 Å². The van der Waals surface area contributed by atoms with Gasteiger partial charge < -0.3 is 10.1 Å². The molecule has 0 unspecified atom stereocenters. The molecule has 1 aromatic heterocycles. The van der Waals surface area contributed by atoms with E-state index >= 15 is 0 Å². The molecule has 25 heavy (non-hydrogen) atoms. The number of nitrogens with zero attached hydrogens (tertiary/aromatic N) is 1. The van der Waals surface area contributed by atoms with Crippen molar-refractivity contribution in [3.63, 3.8) is 0 Å². The Morgan fingerprint density at radius 2 is 2.16 bits per heavy atom. The van der Waals surface area contributed by atoms with Crippen molar-refractivity contribution in [2.45, 2.75) is 11.3 Å². The van der Waals surface area contributed by atoms with E-state index in [-0.39, 0.29) is 11.3 Å². The highest BCUT2D eigenvalue weighted by molar-refractivity contribution is 7.98. The first-order valence-electron chi connectivity index (χ1n) is 7.30. The maximum absolute atomic E-state index is 12.0. The first kappa shape index (κ1) is 18.9. The van der Waals surface area contributed by atoms with Crippen molar-refractivity contribution in [3.05, 3.63) is 56.3 Å². The molecule has 1 aromatic carbocycles. The van der Waals surface area contributed by atoms with Gasteiger partial charge in [0.1, 0.15) is 0 Å². The normalized spacial score (nSPS) is 10.3. The van der Waals surface area contributed by atoms with Gasteiger partial charge in [0.2, 0.25) is 0 Å². The fourth-order valence-electron chi connectivity index (χ4n) is 2.01. The molecule has 0 bridgehead atoms. The quantitative estimate of drug-likeness (QED) is 0.327. The number of esters is 1. The van der Waals surface area contributed by atoms with Gasteiger partial charge in [0, 0.05) is 17.5 Å². The minimum absolute atomic E-state index is 0.0379. The topological polar surface area (TPSA) is 98.5 Å². The lowest BCUT2D eigenvalue weighted by molar-refractivity contribution is -0.387. The molecule has 2 aromatic rings. The first-order chi connectivity index (χ1) is 12.0. The first-order valence-corrected chi connectivity index (χ1v) is 9.40. The Labute approximate surface area is 152 Å².